The van der Waals surface area contributed by atoms with Gasteiger partial charge < -0.3 is 9.80 Å². The van der Waals surface area contributed by atoms with Crippen LogP contribution in [-0.2, 0) is 17.9 Å². The van der Waals surface area contributed by atoms with E-state index < -0.39 is 0 Å². The van der Waals surface area contributed by atoms with Gasteiger partial charge in [0.15, 0.2) is 0 Å². The van der Waals surface area contributed by atoms with Crippen molar-refractivity contribution in [1.29, 1.82) is 0 Å². The first-order valence-corrected chi connectivity index (χ1v) is 9.30. The molecule has 3 nitrogen and oxygen atoms in total. The molecule has 0 bridgehead atoms. The van der Waals surface area contributed by atoms with Gasteiger partial charge in [-0.05, 0) is 25.3 Å². The number of hydrogen-bond acceptors (Lipinski definition) is 1. The smallest absolute Gasteiger partial charge is 0.231 e. The number of aryl methyl sites for hydroxylation is 1. The molecule has 2 aromatic rings. The number of nitrogens with one attached hydrogen (secondary N) is 1. The summed E-state index contributed by atoms with van der Waals surface area (Å²) in [5, 5.41) is 0. The number of quaternary nitrogens is 1. The highest BCUT2D eigenvalue weighted by Gasteiger charge is 2.30. The number of carbonyl (C=O) groups excluding carboxylic acids is 1. The number of piperidine rings is 1. The lowest BCUT2D eigenvalue weighted by atomic mass is 9.96. The van der Waals surface area contributed by atoms with Gasteiger partial charge in [-0.3, -0.25) is 4.79 Å². The van der Waals surface area contributed by atoms with Crippen LogP contribution in [0.3, 0.4) is 0 Å². The van der Waals surface area contributed by atoms with Crippen LogP contribution in [0.1, 0.15) is 29.5 Å². The predicted molar refractivity (Wildman–Crippen MR) is 101 cm³/mol. The van der Waals surface area contributed by atoms with E-state index in [-0.39, 0.29) is 5.92 Å². The van der Waals surface area contributed by atoms with Crippen LogP contribution in [-0.4, -0.2) is 30.9 Å². The maximum Gasteiger partial charge on any atom is 0.231 e. The lowest BCUT2D eigenvalue weighted by Crippen LogP contribution is -3.12. The Morgan fingerprint density at radius 2 is 1.88 bits per heavy atom. The fraction of sp³-hybridized carbons (Fsp3) is 0.409. The monoisotopic (exact) mass is 337 g/mol. The second kappa shape index (κ2) is 8.30. The first kappa shape index (κ1) is 17.7. The predicted octanol–water partition coefficient (Wildman–Crippen LogP) is 2.45. The molecule has 0 spiro atoms. The van der Waals surface area contributed by atoms with Crippen LogP contribution in [0.2, 0.25) is 0 Å². The van der Waals surface area contributed by atoms with E-state index in [0.717, 1.165) is 25.9 Å². The first-order valence-electron chi connectivity index (χ1n) is 9.30. The lowest BCUT2D eigenvalue weighted by molar-refractivity contribution is -0.921. The topological polar surface area (TPSA) is 24.8 Å². The van der Waals surface area contributed by atoms with E-state index >= 15 is 0 Å². The second-order valence-electron chi connectivity index (χ2n) is 7.39. The molecule has 1 amide bonds. The molecular weight excluding hydrogens is 308 g/mol. The van der Waals surface area contributed by atoms with Crippen LogP contribution in [0.5, 0.6) is 0 Å². The van der Waals surface area contributed by atoms with Gasteiger partial charge in [-0.1, -0.05) is 60.2 Å². The number of amides is 1. The quantitative estimate of drug-likeness (QED) is 0.891. The Hall–Kier alpha value is -2.13. The van der Waals surface area contributed by atoms with Gasteiger partial charge in [-0.25, -0.2) is 0 Å². The zero-order valence-electron chi connectivity index (χ0n) is 15.4. The van der Waals surface area contributed by atoms with Crippen LogP contribution in [0.4, 0.5) is 0 Å². The number of nitrogens with zero attached hydrogens (tertiary/aromatic N) is 1. The highest BCUT2D eigenvalue weighted by atomic mass is 16.2. The minimum atomic E-state index is 0.155. The molecule has 2 atom stereocenters. The van der Waals surface area contributed by atoms with E-state index in [1.807, 2.05) is 30.1 Å². The number of likely N-dealkylation sites (tertiary alicyclic amines) is 1. The molecular formula is C22H29N2O+. The summed E-state index contributed by atoms with van der Waals surface area (Å²) in [7, 11) is 1.93. The number of hydrogen-bond donors (Lipinski definition) is 1. The Bertz CT molecular complexity index is 698. The molecule has 0 radical (unpaired) electrons. The zero-order chi connectivity index (χ0) is 17.6. The summed E-state index contributed by atoms with van der Waals surface area (Å²) in [5.74, 6) is 0.451. The molecule has 2 aromatic carbocycles. The van der Waals surface area contributed by atoms with Crippen molar-refractivity contribution >= 4 is 5.91 Å². The fourth-order valence-corrected chi connectivity index (χ4v) is 3.88. The molecule has 1 aliphatic rings. The number of benzene rings is 2. The van der Waals surface area contributed by atoms with Crippen LogP contribution >= 0.6 is 0 Å². The van der Waals surface area contributed by atoms with E-state index in [2.05, 4.69) is 43.3 Å². The second-order valence-corrected chi connectivity index (χ2v) is 7.39. The van der Waals surface area contributed by atoms with Gasteiger partial charge in [0, 0.05) is 19.2 Å². The Labute approximate surface area is 151 Å². The SMILES string of the molecule is Cc1cccc(C[NH+]2CCC[C@@H](C(=O)N(C)Cc3ccccc3)C2)c1. The molecule has 1 heterocycles. The minimum absolute atomic E-state index is 0.155. The molecule has 1 saturated heterocycles. The Morgan fingerprint density at radius 3 is 2.64 bits per heavy atom. The molecule has 0 saturated carbocycles. The van der Waals surface area contributed by atoms with Crippen LogP contribution < -0.4 is 4.90 Å². The van der Waals surface area contributed by atoms with Gasteiger partial charge in [-0.15, -0.1) is 0 Å². The molecule has 25 heavy (non-hydrogen) atoms. The van der Waals surface area contributed by atoms with Crippen molar-refractivity contribution in [3.63, 3.8) is 0 Å². The van der Waals surface area contributed by atoms with E-state index in [1.165, 1.54) is 28.1 Å². The normalized spacial score (nSPS) is 20.2. The molecule has 1 N–H and O–H groups in total. The highest BCUT2D eigenvalue weighted by Crippen LogP contribution is 2.13. The van der Waals surface area contributed by atoms with Crippen molar-refractivity contribution in [1.82, 2.24) is 4.90 Å². The molecule has 132 valence electrons. The molecule has 1 aliphatic heterocycles. The largest absolute Gasteiger partial charge is 0.341 e. The third kappa shape index (κ3) is 4.93. The summed E-state index contributed by atoms with van der Waals surface area (Å²) in [4.78, 5) is 16.3. The highest BCUT2D eigenvalue weighted by molar-refractivity contribution is 5.78. The molecule has 0 aromatic heterocycles. The number of rotatable bonds is 5. The van der Waals surface area contributed by atoms with Gasteiger partial charge in [0.05, 0.1) is 19.0 Å². The van der Waals surface area contributed by atoms with Gasteiger partial charge in [0.25, 0.3) is 0 Å². The molecule has 3 heteroatoms. The van der Waals surface area contributed by atoms with Gasteiger partial charge in [0.2, 0.25) is 5.91 Å². The standard InChI is InChI=1S/C22H28N2O/c1-18-8-6-11-20(14-18)16-24-13-7-12-21(17-24)22(25)23(2)15-19-9-4-3-5-10-19/h3-6,8-11,14,21H,7,12-13,15-17H2,1-2H3/p+1/t21-/m1/s1. The average Bonchev–Trinajstić information content (AvgIpc) is 2.62. The minimum Gasteiger partial charge on any atom is -0.341 e. The Morgan fingerprint density at radius 1 is 1.12 bits per heavy atom. The van der Waals surface area contributed by atoms with Gasteiger partial charge in [0.1, 0.15) is 6.54 Å². The summed E-state index contributed by atoms with van der Waals surface area (Å²) in [6.07, 6.45) is 2.16. The van der Waals surface area contributed by atoms with E-state index in [0.29, 0.717) is 12.5 Å². The van der Waals surface area contributed by atoms with Crippen molar-refractivity contribution in [2.75, 3.05) is 20.1 Å². The molecule has 3 rings (SSSR count). The summed E-state index contributed by atoms with van der Waals surface area (Å²) >= 11 is 0. The third-order valence-electron chi connectivity index (χ3n) is 5.14. The summed E-state index contributed by atoms with van der Waals surface area (Å²) in [6.45, 7) is 5.98. The van der Waals surface area contributed by atoms with Gasteiger partial charge in [-0.2, -0.15) is 0 Å². The van der Waals surface area contributed by atoms with Crippen molar-refractivity contribution in [2.45, 2.75) is 32.9 Å². The van der Waals surface area contributed by atoms with E-state index in [9.17, 15) is 4.79 Å². The lowest BCUT2D eigenvalue weighted by Gasteiger charge is -2.31. The molecule has 1 unspecified atom stereocenters. The van der Waals surface area contributed by atoms with Gasteiger partial charge >= 0.3 is 0 Å². The van der Waals surface area contributed by atoms with E-state index in [1.54, 1.807) is 0 Å². The van der Waals surface area contributed by atoms with Crippen molar-refractivity contribution in [3.05, 3.63) is 71.3 Å². The molecule has 0 aliphatic carbocycles. The summed E-state index contributed by atoms with van der Waals surface area (Å²) in [6, 6.07) is 19.0. The first-order chi connectivity index (χ1) is 12.1. The Kier molecular flexibility index (Phi) is 5.87. The maximum absolute atomic E-state index is 12.9. The summed E-state index contributed by atoms with van der Waals surface area (Å²) < 4.78 is 0. The summed E-state index contributed by atoms with van der Waals surface area (Å²) in [5.41, 5.74) is 3.88. The van der Waals surface area contributed by atoms with Crippen molar-refractivity contribution in [2.24, 2.45) is 5.92 Å². The Balaban J connectivity index is 1.57. The molecule has 1 fully saturated rings. The van der Waals surface area contributed by atoms with E-state index in [4.69, 9.17) is 0 Å². The van der Waals surface area contributed by atoms with Crippen molar-refractivity contribution in [3.8, 4) is 0 Å². The van der Waals surface area contributed by atoms with Crippen molar-refractivity contribution < 1.29 is 9.69 Å². The number of carbonyl (C=O) groups is 1. The maximum atomic E-state index is 12.9. The third-order valence-corrected chi connectivity index (χ3v) is 5.14. The zero-order valence-corrected chi connectivity index (χ0v) is 15.4. The average molecular weight is 337 g/mol. The van der Waals surface area contributed by atoms with Crippen LogP contribution in [0.25, 0.3) is 0 Å². The fourth-order valence-electron chi connectivity index (χ4n) is 3.88. The van der Waals surface area contributed by atoms with Crippen LogP contribution in [0, 0.1) is 12.8 Å². The van der Waals surface area contributed by atoms with Crippen LogP contribution in [0.15, 0.2) is 54.6 Å².